The topological polar surface area (TPSA) is 59.8 Å². The van der Waals surface area contributed by atoms with Crippen LogP contribution in [0.1, 0.15) is 41.6 Å². The van der Waals surface area contributed by atoms with E-state index >= 15 is 0 Å². The van der Waals surface area contributed by atoms with Gasteiger partial charge in [0.25, 0.3) is 5.91 Å². The van der Waals surface area contributed by atoms with E-state index in [0.29, 0.717) is 38.8 Å². The second-order valence-electron chi connectivity index (χ2n) is 6.30. The first-order valence-corrected chi connectivity index (χ1v) is 11.1. The molecule has 0 spiro atoms. The van der Waals surface area contributed by atoms with Crippen molar-refractivity contribution in [3.63, 3.8) is 0 Å². The smallest absolute Gasteiger partial charge is 0.253 e. The molecule has 5 nitrogen and oxygen atoms in total. The minimum absolute atomic E-state index is 0.251. The molecule has 0 aliphatic carbocycles. The Morgan fingerprint density at radius 1 is 1.10 bits per heavy atom. The number of nitrogens with zero attached hydrogens (tertiary/aromatic N) is 3. The number of halogens is 3. The minimum atomic E-state index is -0.328. The van der Waals surface area contributed by atoms with Crippen LogP contribution in [0.25, 0.3) is 0 Å². The lowest BCUT2D eigenvalue weighted by atomic mass is 10.2. The Bertz CT molecular complexity index is 1020. The maximum atomic E-state index is 12.5. The van der Waals surface area contributed by atoms with Gasteiger partial charge in [-0.3, -0.25) is 4.79 Å². The second-order valence-corrected chi connectivity index (χ2v) is 8.46. The summed E-state index contributed by atoms with van der Waals surface area (Å²) in [6, 6.07) is 12.2. The van der Waals surface area contributed by atoms with E-state index in [-0.39, 0.29) is 11.9 Å². The molecule has 1 amide bonds. The third-order valence-corrected chi connectivity index (χ3v) is 6.37. The Kier molecular flexibility index (Phi) is 7.46. The van der Waals surface area contributed by atoms with E-state index in [9.17, 15) is 4.79 Å². The SMILES string of the molecule is CCn1c(SCc2ccc(Cl)c(Cl)c2)nnc1[C@@H](C)NC(=O)c1ccccc1Cl. The molecule has 152 valence electrons. The highest BCUT2D eigenvalue weighted by atomic mass is 35.5. The number of rotatable bonds is 7. The highest BCUT2D eigenvalue weighted by molar-refractivity contribution is 7.98. The van der Waals surface area contributed by atoms with Crippen LogP contribution in [0.3, 0.4) is 0 Å². The van der Waals surface area contributed by atoms with E-state index in [4.69, 9.17) is 34.8 Å². The Hall–Kier alpha value is -1.73. The molecule has 0 bridgehead atoms. The fourth-order valence-corrected chi connectivity index (χ4v) is 4.28. The predicted octanol–water partition coefficient (Wildman–Crippen LogP) is 6.04. The molecule has 0 aliphatic heterocycles. The maximum Gasteiger partial charge on any atom is 0.253 e. The number of hydrogen-bond donors (Lipinski definition) is 1. The molecule has 0 fully saturated rings. The lowest BCUT2D eigenvalue weighted by molar-refractivity contribution is 0.0937. The quantitative estimate of drug-likeness (QED) is 0.428. The highest BCUT2D eigenvalue weighted by Gasteiger charge is 2.20. The zero-order valence-corrected chi connectivity index (χ0v) is 18.9. The summed E-state index contributed by atoms with van der Waals surface area (Å²) in [5, 5.41) is 13.8. The molecule has 29 heavy (non-hydrogen) atoms. The Morgan fingerprint density at radius 3 is 2.55 bits per heavy atom. The molecule has 0 unspecified atom stereocenters. The maximum absolute atomic E-state index is 12.5. The summed E-state index contributed by atoms with van der Waals surface area (Å²) in [7, 11) is 0. The number of aromatic nitrogens is 3. The normalized spacial score (nSPS) is 12.0. The van der Waals surface area contributed by atoms with Crippen LogP contribution in [0.2, 0.25) is 15.1 Å². The minimum Gasteiger partial charge on any atom is -0.342 e. The predicted molar refractivity (Wildman–Crippen MR) is 119 cm³/mol. The summed E-state index contributed by atoms with van der Waals surface area (Å²) in [4.78, 5) is 12.5. The van der Waals surface area contributed by atoms with Crippen LogP contribution in [0.4, 0.5) is 0 Å². The number of nitrogens with one attached hydrogen (secondary N) is 1. The third-order valence-electron chi connectivity index (χ3n) is 4.27. The van der Waals surface area contributed by atoms with Crippen molar-refractivity contribution < 1.29 is 4.79 Å². The van der Waals surface area contributed by atoms with Crippen molar-refractivity contribution >= 4 is 52.5 Å². The summed E-state index contributed by atoms with van der Waals surface area (Å²) in [5.74, 6) is 1.11. The first-order chi connectivity index (χ1) is 13.9. The number of benzene rings is 2. The molecule has 3 aromatic rings. The van der Waals surface area contributed by atoms with Crippen molar-refractivity contribution in [3.8, 4) is 0 Å². The summed E-state index contributed by atoms with van der Waals surface area (Å²) in [6.45, 7) is 4.56. The summed E-state index contributed by atoms with van der Waals surface area (Å²) < 4.78 is 1.99. The Labute approximate surface area is 188 Å². The van der Waals surface area contributed by atoms with Gasteiger partial charge in [-0.1, -0.05) is 64.8 Å². The van der Waals surface area contributed by atoms with Crippen LogP contribution in [0.15, 0.2) is 47.6 Å². The average molecular weight is 470 g/mol. The standard InChI is InChI=1S/C20H19Cl3N4OS/c1-3-27-18(12(2)24-19(28)14-6-4-5-7-15(14)21)25-26-20(27)29-11-13-8-9-16(22)17(23)10-13/h4-10,12H,3,11H2,1-2H3,(H,24,28)/t12-/m1/s1. The fraction of sp³-hybridized carbons (Fsp3) is 0.250. The zero-order valence-electron chi connectivity index (χ0n) is 15.8. The number of thioether (sulfide) groups is 1. The summed E-state index contributed by atoms with van der Waals surface area (Å²) in [6.07, 6.45) is 0. The van der Waals surface area contributed by atoms with Crippen molar-refractivity contribution in [1.29, 1.82) is 0 Å². The van der Waals surface area contributed by atoms with Gasteiger partial charge in [0, 0.05) is 12.3 Å². The van der Waals surface area contributed by atoms with Gasteiger partial charge in [0.15, 0.2) is 11.0 Å². The van der Waals surface area contributed by atoms with Gasteiger partial charge < -0.3 is 9.88 Å². The molecule has 3 rings (SSSR count). The molecule has 2 aromatic carbocycles. The van der Waals surface area contributed by atoms with Crippen molar-refractivity contribution in [1.82, 2.24) is 20.1 Å². The van der Waals surface area contributed by atoms with E-state index in [2.05, 4.69) is 15.5 Å². The van der Waals surface area contributed by atoms with E-state index in [1.807, 2.05) is 30.5 Å². The van der Waals surface area contributed by atoms with Crippen LogP contribution in [-0.4, -0.2) is 20.7 Å². The molecule has 9 heteroatoms. The summed E-state index contributed by atoms with van der Waals surface area (Å²) >= 11 is 19.7. The first kappa shape index (κ1) is 22.0. The van der Waals surface area contributed by atoms with Crippen LogP contribution >= 0.6 is 46.6 Å². The largest absolute Gasteiger partial charge is 0.342 e. The highest BCUT2D eigenvalue weighted by Crippen LogP contribution is 2.28. The van der Waals surface area contributed by atoms with E-state index in [1.165, 1.54) is 0 Å². The van der Waals surface area contributed by atoms with E-state index in [1.54, 1.807) is 42.1 Å². The summed E-state index contributed by atoms with van der Waals surface area (Å²) in [5.41, 5.74) is 1.47. The van der Waals surface area contributed by atoms with Crippen molar-refractivity contribution in [2.45, 2.75) is 37.3 Å². The molecule has 0 saturated heterocycles. The van der Waals surface area contributed by atoms with Crippen molar-refractivity contribution in [3.05, 3.63) is 74.5 Å². The lowest BCUT2D eigenvalue weighted by Crippen LogP contribution is -2.29. The van der Waals surface area contributed by atoms with E-state index in [0.717, 1.165) is 10.7 Å². The van der Waals surface area contributed by atoms with Crippen LogP contribution in [-0.2, 0) is 12.3 Å². The van der Waals surface area contributed by atoms with Gasteiger partial charge in [-0.2, -0.15) is 0 Å². The van der Waals surface area contributed by atoms with Crippen molar-refractivity contribution in [2.24, 2.45) is 0 Å². The van der Waals surface area contributed by atoms with Gasteiger partial charge >= 0.3 is 0 Å². The molecule has 1 N–H and O–H groups in total. The number of carbonyl (C=O) groups is 1. The number of amides is 1. The Morgan fingerprint density at radius 2 is 1.86 bits per heavy atom. The first-order valence-electron chi connectivity index (χ1n) is 8.96. The lowest BCUT2D eigenvalue weighted by Gasteiger charge is -2.15. The molecular formula is C20H19Cl3N4OS. The Balaban J connectivity index is 1.72. The molecule has 1 atom stereocenters. The molecule has 1 aromatic heterocycles. The van der Waals surface area contributed by atoms with Crippen molar-refractivity contribution in [2.75, 3.05) is 0 Å². The van der Waals surface area contributed by atoms with Crippen LogP contribution in [0, 0.1) is 0 Å². The molecular weight excluding hydrogens is 451 g/mol. The monoisotopic (exact) mass is 468 g/mol. The van der Waals surface area contributed by atoms with Crippen LogP contribution in [0.5, 0.6) is 0 Å². The average Bonchev–Trinajstić information content (AvgIpc) is 3.12. The van der Waals surface area contributed by atoms with Gasteiger partial charge in [0.05, 0.1) is 26.7 Å². The van der Waals surface area contributed by atoms with Gasteiger partial charge in [0.2, 0.25) is 0 Å². The van der Waals surface area contributed by atoms with Crippen LogP contribution < -0.4 is 5.32 Å². The number of carbonyl (C=O) groups excluding carboxylic acids is 1. The molecule has 1 heterocycles. The van der Waals surface area contributed by atoms with E-state index < -0.39 is 0 Å². The van der Waals surface area contributed by atoms with Gasteiger partial charge in [-0.25, -0.2) is 0 Å². The zero-order chi connectivity index (χ0) is 21.0. The fourth-order valence-electron chi connectivity index (χ4n) is 2.79. The van der Waals surface area contributed by atoms with Gasteiger partial charge in [-0.15, -0.1) is 10.2 Å². The molecule has 0 radical (unpaired) electrons. The third kappa shape index (κ3) is 5.25. The molecule has 0 aliphatic rings. The number of hydrogen-bond acceptors (Lipinski definition) is 4. The second kappa shape index (κ2) is 9.85. The molecule has 0 saturated carbocycles. The van der Waals surface area contributed by atoms with Gasteiger partial charge in [-0.05, 0) is 43.7 Å². The van der Waals surface area contributed by atoms with Gasteiger partial charge in [0.1, 0.15) is 0 Å².